The molecule has 8 heteroatoms. The summed E-state index contributed by atoms with van der Waals surface area (Å²) in [5.74, 6) is -0.942. The molecule has 0 fully saturated rings. The fourth-order valence-electron chi connectivity index (χ4n) is 1.87. The van der Waals surface area contributed by atoms with Crippen LogP contribution in [0.2, 0.25) is 0 Å². The second-order valence-corrected chi connectivity index (χ2v) is 4.05. The lowest BCUT2D eigenvalue weighted by Gasteiger charge is -2.06. The van der Waals surface area contributed by atoms with E-state index >= 15 is 0 Å². The largest absolute Gasteiger partial charge is 0.324 e. The molecule has 0 saturated heterocycles. The van der Waals surface area contributed by atoms with Gasteiger partial charge < -0.3 is 10.6 Å². The second kappa shape index (κ2) is 6.78. The minimum absolute atomic E-state index is 0. The summed E-state index contributed by atoms with van der Waals surface area (Å²) >= 11 is 0. The summed E-state index contributed by atoms with van der Waals surface area (Å²) in [4.78, 5) is 8.38. The standard InChI is InChI=1S/C12H10F2N4.2ClH/c13-8-1-9(14)3-10(2-8)17-12-16-5-7-4-15-6-11(7)18-12;;/h1-3,5,15H,4,6H2,(H,16,17,18);2*1H. The summed E-state index contributed by atoms with van der Waals surface area (Å²) in [6.45, 7) is 1.44. The molecular formula is C12H12Cl2F2N4. The van der Waals surface area contributed by atoms with Gasteiger partial charge in [-0.25, -0.2) is 18.7 Å². The van der Waals surface area contributed by atoms with E-state index in [0.29, 0.717) is 18.2 Å². The first-order chi connectivity index (χ1) is 8.70. The molecule has 108 valence electrons. The number of anilines is 2. The zero-order chi connectivity index (χ0) is 12.5. The highest BCUT2D eigenvalue weighted by molar-refractivity contribution is 5.85. The maximum absolute atomic E-state index is 13.0. The van der Waals surface area contributed by atoms with Crippen molar-refractivity contribution in [3.8, 4) is 0 Å². The van der Waals surface area contributed by atoms with Crippen LogP contribution >= 0.6 is 24.8 Å². The van der Waals surface area contributed by atoms with E-state index in [1.54, 1.807) is 6.20 Å². The monoisotopic (exact) mass is 320 g/mol. The van der Waals surface area contributed by atoms with Gasteiger partial charge in [-0.15, -0.1) is 24.8 Å². The van der Waals surface area contributed by atoms with Crippen LogP contribution in [0.1, 0.15) is 11.3 Å². The molecule has 0 saturated carbocycles. The number of rotatable bonds is 2. The zero-order valence-corrected chi connectivity index (χ0v) is 11.8. The van der Waals surface area contributed by atoms with Gasteiger partial charge in [0.05, 0.1) is 5.69 Å². The lowest BCUT2D eigenvalue weighted by molar-refractivity contribution is 0.584. The van der Waals surface area contributed by atoms with Crippen molar-refractivity contribution in [2.24, 2.45) is 0 Å². The number of fused-ring (bicyclic) bond motifs is 1. The quantitative estimate of drug-likeness (QED) is 0.893. The first kappa shape index (κ1) is 16.6. The van der Waals surface area contributed by atoms with Gasteiger partial charge in [0.1, 0.15) is 11.6 Å². The molecule has 20 heavy (non-hydrogen) atoms. The van der Waals surface area contributed by atoms with Gasteiger partial charge in [0, 0.05) is 36.6 Å². The van der Waals surface area contributed by atoms with Gasteiger partial charge in [-0.1, -0.05) is 0 Å². The SMILES string of the molecule is Cl.Cl.Fc1cc(F)cc(Nc2ncc3c(n2)CNC3)c1. The molecule has 1 aliphatic rings. The average Bonchev–Trinajstić information content (AvgIpc) is 2.74. The minimum atomic E-state index is -0.639. The molecule has 0 unspecified atom stereocenters. The topological polar surface area (TPSA) is 49.8 Å². The van der Waals surface area contributed by atoms with Crippen molar-refractivity contribution in [3.63, 3.8) is 0 Å². The molecule has 0 aliphatic carbocycles. The Labute approximate surface area is 126 Å². The summed E-state index contributed by atoms with van der Waals surface area (Å²) in [5.41, 5.74) is 2.24. The number of hydrogen-bond donors (Lipinski definition) is 2. The molecule has 3 rings (SSSR count). The predicted octanol–water partition coefficient (Wildman–Crippen LogP) is 2.95. The Morgan fingerprint density at radius 2 is 1.75 bits per heavy atom. The van der Waals surface area contributed by atoms with E-state index in [2.05, 4.69) is 20.6 Å². The van der Waals surface area contributed by atoms with Crippen molar-refractivity contribution < 1.29 is 8.78 Å². The number of hydrogen-bond acceptors (Lipinski definition) is 4. The van der Waals surface area contributed by atoms with Gasteiger partial charge in [-0.3, -0.25) is 0 Å². The van der Waals surface area contributed by atoms with Crippen molar-refractivity contribution in [2.75, 3.05) is 5.32 Å². The van der Waals surface area contributed by atoms with Crippen LogP contribution in [0.3, 0.4) is 0 Å². The Bertz CT molecular complexity index is 590. The van der Waals surface area contributed by atoms with Gasteiger partial charge in [0.25, 0.3) is 0 Å². The Hall–Kier alpha value is -1.50. The normalized spacial score (nSPS) is 12.1. The molecule has 1 aromatic carbocycles. The molecule has 1 aromatic heterocycles. The van der Waals surface area contributed by atoms with Crippen LogP contribution in [-0.4, -0.2) is 9.97 Å². The van der Waals surface area contributed by atoms with Crippen LogP contribution in [0, 0.1) is 11.6 Å². The molecule has 4 nitrogen and oxygen atoms in total. The first-order valence-electron chi connectivity index (χ1n) is 5.49. The Balaban J connectivity index is 0.000001000. The van der Waals surface area contributed by atoms with Crippen LogP contribution in [-0.2, 0) is 13.1 Å². The molecule has 0 spiro atoms. The van der Waals surface area contributed by atoms with Gasteiger partial charge in [-0.2, -0.15) is 0 Å². The van der Waals surface area contributed by atoms with Crippen LogP contribution in [0.25, 0.3) is 0 Å². The highest BCUT2D eigenvalue weighted by Crippen LogP contribution is 2.18. The number of halogens is 4. The molecule has 0 radical (unpaired) electrons. The highest BCUT2D eigenvalue weighted by Gasteiger charge is 2.13. The summed E-state index contributed by atoms with van der Waals surface area (Å²) in [5, 5.41) is 5.93. The molecule has 2 heterocycles. The van der Waals surface area contributed by atoms with Crippen molar-refractivity contribution in [2.45, 2.75) is 13.1 Å². The van der Waals surface area contributed by atoms with Crippen molar-refractivity contribution in [1.82, 2.24) is 15.3 Å². The number of benzene rings is 1. The average molecular weight is 321 g/mol. The van der Waals surface area contributed by atoms with E-state index in [9.17, 15) is 8.78 Å². The molecule has 2 N–H and O–H groups in total. The van der Waals surface area contributed by atoms with Crippen LogP contribution < -0.4 is 10.6 Å². The van der Waals surface area contributed by atoms with E-state index < -0.39 is 11.6 Å². The molecule has 0 amide bonds. The second-order valence-electron chi connectivity index (χ2n) is 4.05. The van der Waals surface area contributed by atoms with Gasteiger partial charge in [0.15, 0.2) is 0 Å². The first-order valence-corrected chi connectivity index (χ1v) is 5.49. The molecule has 1 aliphatic heterocycles. The van der Waals surface area contributed by atoms with Gasteiger partial charge in [-0.05, 0) is 12.1 Å². The zero-order valence-electron chi connectivity index (χ0n) is 10.2. The maximum Gasteiger partial charge on any atom is 0.227 e. The van der Waals surface area contributed by atoms with Crippen LogP contribution in [0.4, 0.5) is 20.4 Å². The molecule has 0 bridgehead atoms. The molecule has 2 aromatic rings. The van der Waals surface area contributed by atoms with E-state index in [1.165, 1.54) is 12.1 Å². The third kappa shape index (κ3) is 3.53. The van der Waals surface area contributed by atoms with Crippen LogP contribution in [0.15, 0.2) is 24.4 Å². The van der Waals surface area contributed by atoms with E-state index in [4.69, 9.17) is 0 Å². The van der Waals surface area contributed by atoms with E-state index in [1.807, 2.05) is 0 Å². The third-order valence-electron chi connectivity index (χ3n) is 2.68. The van der Waals surface area contributed by atoms with Gasteiger partial charge in [0.2, 0.25) is 5.95 Å². The van der Waals surface area contributed by atoms with E-state index in [-0.39, 0.29) is 24.8 Å². The summed E-state index contributed by atoms with van der Waals surface area (Å²) in [6, 6.07) is 3.20. The fourth-order valence-corrected chi connectivity index (χ4v) is 1.87. The highest BCUT2D eigenvalue weighted by atomic mass is 35.5. The van der Waals surface area contributed by atoms with Crippen molar-refractivity contribution >= 4 is 36.4 Å². The minimum Gasteiger partial charge on any atom is -0.324 e. The van der Waals surface area contributed by atoms with Gasteiger partial charge >= 0.3 is 0 Å². The summed E-state index contributed by atoms with van der Waals surface area (Å²) < 4.78 is 26.0. The lowest BCUT2D eigenvalue weighted by atomic mass is 10.3. The summed E-state index contributed by atoms with van der Waals surface area (Å²) in [6.07, 6.45) is 1.71. The number of nitrogens with one attached hydrogen (secondary N) is 2. The van der Waals surface area contributed by atoms with Crippen molar-refractivity contribution in [1.29, 1.82) is 0 Å². The summed E-state index contributed by atoms with van der Waals surface area (Å²) in [7, 11) is 0. The Morgan fingerprint density at radius 3 is 2.45 bits per heavy atom. The fraction of sp³-hybridized carbons (Fsp3) is 0.167. The Kier molecular flexibility index (Phi) is 5.62. The van der Waals surface area contributed by atoms with Crippen LogP contribution in [0.5, 0.6) is 0 Å². The number of aromatic nitrogens is 2. The van der Waals surface area contributed by atoms with E-state index in [0.717, 1.165) is 23.9 Å². The number of nitrogens with zero attached hydrogens (tertiary/aromatic N) is 2. The van der Waals surface area contributed by atoms with Crippen molar-refractivity contribution in [3.05, 3.63) is 47.3 Å². The Morgan fingerprint density at radius 1 is 1.05 bits per heavy atom. The molecular weight excluding hydrogens is 309 g/mol. The smallest absolute Gasteiger partial charge is 0.227 e. The lowest BCUT2D eigenvalue weighted by Crippen LogP contribution is -2.02. The maximum atomic E-state index is 13.0. The third-order valence-corrected chi connectivity index (χ3v) is 2.68. The predicted molar refractivity (Wildman–Crippen MR) is 76.7 cm³/mol. The molecule has 0 atom stereocenters.